The lowest BCUT2D eigenvalue weighted by atomic mass is 10.2. The van der Waals surface area contributed by atoms with Crippen LogP contribution in [0.3, 0.4) is 0 Å². The fourth-order valence-electron chi connectivity index (χ4n) is 1.69. The summed E-state index contributed by atoms with van der Waals surface area (Å²) in [5.41, 5.74) is -0.759. The number of carboxylic acid groups (broad SMARTS) is 1. The number of hydrogen-bond acceptors (Lipinski definition) is 4. The molecule has 0 aliphatic rings. The van der Waals surface area contributed by atoms with E-state index in [-0.39, 0.29) is 5.75 Å². The van der Waals surface area contributed by atoms with Crippen molar-refractivity contribution in [1.82, 2.24) is 6.14 Å². The van der Waals surface area contributed by atoms with Crippen LogP contribution in [0.15, 0.2) is 48.5 Å². The third kappa shape index (κ3) is 5.17. The molecule has 0 saturated carbocycles. The molecule has 8 heteroatoms. The van der Waals surface area contributed by atoms with Crippen LogP contribution in [0, 0.1) is 0 Å². The molecule has 0 spiro atoms. The minimum Gasteiger partial charge on any atom is -0.546 e. The number of rotatable bonds is 5. The summed E-state index contributed by atoms with van der Waals surface area (Å²) in [4.78, 5) is 10.6. The number of alkyl halides is 3. The van der Waals surface area contributed by atoms with Gasteiger partial charge in [-0.25, -0.2) is 0 Å². The Balaban J connectivity index is 0.00000151. The van der Waals surface area contributed by atoms with Gasteiger partial charge in [-0.15, -0.1) is 0 Å². The maximum absolute atomic E-state index is 12.5. The van der Waals surface area contributed by atoms with Crippen molar-refractivity contribution in [2.24, 2.45) is 0 Å². The normalized spacial score (nSPS) is 12.3. The van der Waals surface area contributed by atoms with Crippen molar-refractivity contribution in [2.75, 3.05) is 0 Å². The molecule has 0 amide bonds. The summed E-state index contributed by atoms with van der Waals surface area (Å²) in [5.74, 6) is -0.412. The molecule has 4 N–H and O–H groups in total. The number of carboxylic acids is 1. The van der Waals surface area contributed by atoms with E-state index in [1.165, 1.54) is 43.3 Å². The van der Waals surface area contributed by atoms with Crippen LogP contribution in [-0.2, 0) is 11.0 Å². The zero-order valence-corrected chi connectivity index (χ0v) is 12.7. The minimum absolute atomic E-state index is 0.245. The second-order valence-corrected chi connectivity index (χ2v) is 4.67. The Labute approximate surface area is 137 Å². The second kappa shape index (κ2) is 7.69. The molecule has 2 rings (SSSR count). The van der Waals surface area contributed by atoms with Crippen molar-refractivity contribution < 1.29 is 34.0 Å². The van der Waals surface area contributed by atoms with Gasteiger partial charge in [-0.3, -0.25) is 0 Å². The summed E-state index contributed by atoms with van der Waals surface area (Å²) < 4.78 is 53.3. The first kappa shape index (κ1) is 17.6. The molecule has 1 atom stereocenters. The van der Waals surface area contributed by atoms with Crippen molar-refractivity contribution in [3.8, 4) is 17.2 Å². The summed E-state index contributed by atoms with van der Waals surface area (Å²) in [5, 5.41) is 10.6. The predicted octanol–water partition coefficient (Wildman–Crippen LogP) is 3.39. The Morgan fingerprint density at radius 1 is 1.04 bits per heavy atom. The molecule has 0 saturated heterocycles. The van der Waals surface area contributed by atoms with Gasteiger partial charge in [0.1, 0.15) is 23.4 Å². The Kier molecular flexibility index (Phi) is 5.64. The van der Waals surface area contributed by atoms with E-state index in [4.69, 9.17) is 10.9 Å². The third-order valence-electron chi connectivity index (χ3n) is 2.89. The van der Waals surface area contributed by atoms with Gasteiger partial charge in [0.2, 0.25) is 0 Å². The Morgan fingerprint density at radius 2 is 1.46 bits per heavy atom. The van der Waals surface area contributed by atoms with Crippen LogP contribution in [0.4, 0.5) is 13.2 Å². The van der Waals surface area contributed by atoms with Crippen molar-refractivity contribution in [1.29, 1.82) is 0 Å². The molecule has 0 radical (unpaired) electrons. The molecule has 0 fully saturated rings. The molecule has 0 aromatic heterocycles. The molecule has 2 aromatic rings. The quantitative estimate of drug-likeness (QED) is 0.899. The lowest BCUT2D eigenvalue weighted by Gasteiger charge is -2.15. The van der Waals surface area contributed by atoms with Gasteiger partial charge in [-0.1, -0.05) is 0 Å². The molecule has 1 unspecified atom stereocenters. The number of hydrogen-bond donors (Lipinski definition) is 1. The number of carbonyl (C=O) groups is 1. The fraction of sp³-hybridized carbons (Fsp3) is 0.188. The molecule has 0 aliphatic carbocycles. The van der Waals surface area contributed by atoms with Crippen molar-refractivity contribution in [3.63, 3.8) is 0 Å². The topological polar surface area (TPSA) is 95.1 Å². The van der Waals surface area contributed by atoms with Gasteiger partial charge in [0.15, 0.2) is 0 Å². The number of aliphatic carboxylic acids is 1. The van der Waals surface area contributed by atoms with E-state index in [1.807, 2.05) is 0 Å². The summed E-state index contributed by atoms with van der Waals surface area (Å²) in [6.07, 6.45) is -3.00. The van der Waals surface area contributed by atoms with Crippen LogP contribution in [-0.4, -0.2) is 12.1 Å². The summed E-state index contributed by atoms with van der Waals surface area (Å²) in [6.45, 7) is 1.34. The number of benzene rings is 2. The maximum atomic E-state index is 12.5. The number of ether oxygens (including phenoxy) is 2. The Hall–Kier alpha value is -2.74. The highest BCUT2D eigenvalue weighted by Gasteiger charge is 2.30. The van der Waals surface area contributed by atoms with Crippen molar-refractivity contribution in [2.45, 2.75) is 19.2 Å². The number of halogens is 3. The standard InChI is InChI=1S/C16H13F3O4.H3N/c1-10(15(20)21)22-12-6-8-14(9-7-12)23-13-4-2-11(3-5-13)16(17,18)19;/h2-10H,1H3,(H,20,21);1H3/i/hD. The molecule has 24 heavy (non-hydrogen) atoms. The highest BCUT2D eigenvalue weighted by atomic mass is 19.4. The monoisotopic (exact) mass is 344 g/mol. The second-order valence-electron chi connectivity index (χ2n) is 4.67. The molecule has 0 bridgehead atoms. The average molecular weight is 344 g/mol. The van der Waals surface area contributed by atoms with Gasteiger partial charge >= 0.3 is 7.59 Å². The Morgan fingerprint density at radius 3 is 1.88 bits per heavy atom. The first-order valence-electron chi connectivity index (χ1n) is 7.29. The lowest BCUT2D eigenvalue weighted by molar-refractivity contribution is -0.312. The molecule has 130 valence electrons. The SMILES string of the molecule is CC(Oc1ccc(Oc2ccc(C(F)(F)F)cc2)cc1)C(=O)[O-].[2H][NH3+]. The van der Waals surface area contributed by atoms with Gasteiger partial charge in [0, 0.05) is 0 Å². The fourth-order valence-corrected chi connectivity index (χ4v) is 1.69. The van der Waals surface area contributed by atoms with E-state index < -0.39 is 23.8 Å². The number of quaternary nitrogens is 1. The molecular weight excluding hydrogens is 327 g/mol. The van der Waals surface area contributed by atoms with Crippen LogP contribution in [0.5, 0.6) is 17.2 Å². The van der Waals surface area contributed by atoms with E-state index in [0.29, 0.717) is 11.5 Å². The third-order valence-corrected chi connectivity index (χ3v) is 2.89. The lowest BCUT2D eigenvalue weighted by Crippen LogP contribution is -2.37. The van der Waals surface area contributed by atoms with Gasteiger partial charge in [-0.05, 0) is 55.5 Å². The van der Waals surface area contributed by atoms with Gasteiger partial charge in [0.05, 0.1) is 11.5 Å². The van der Waals surface area contributed by atoms with Gasteiger partial charge in [-0.2, -0.15) is 13.2 Å². The van der Waals surface area contributed by atoms with Gasteiger partial charge < -0.3 is 25.5 Å². The van der Waals surface area contributed by atoms with Crippen molar-refractivity contribution >= 4 is 5.97 Å². The average Bonchev–Trinajstić information content (AvgIpc) is 2.58. The van der Waals surface area contributed by atoms with Crippen LogP contribution in [0.25, 0.3) is 0 Å². The highest BCUT2D eigenvalue weighted by molar-refractivity contribution is 5.69. The maximum Gasteiger partial charge on any atom is 0.416 e. The Bertz CT molecular complexity index is 675. The first-order valence-corrected chi connectivity index (χ1v) is 6.58. The van der Waals surface area contributed by atoms with E-state index in [0.717, 1.165) is 12.1 Å². The van der Waals surface area contributed by atoms with Crippen LogP contribution in [0.2, 0.25) is 1.41 Å². The molecular formula is C16H16F3NO4. The molecule has 0 aliphatic heterocycles. The van der Waals surface area contributed by atoms with E-state index in [1.54, 1.807) is 0 Å². The predicted molar refractivity (Wildman–Crippen MR) is 79.0 cm³/mol. The molecule has 2 aromatic carbocycles. The van der Waals surface area contributed by atoms with E-state index >= 15 is 0 Å². The summed E-state index contributed by atoms with van der Waals surface area (Å²) in [7, 11) is 0. The zero-order chi connectivity index (χ0) is 19.0. The van der Waals surface area contributed by atoms with Crippen molar-refractivity contribution in [3.05, 3.63) is 54.1 Å². The van der Waals surface area contributed by atoms with E-state index in [2.05, 4.69) is 6.14 Å². The van der Waals surface area contributed by atoms with Crippen LogP contribution in [0.1, 0.15) is 12.5 Å². The largest absolute Gasteiger partial charge is 0.546 e. The smallest absolute Gasteiger partial charge is 0.416 e. The molecule has 0 heterocycles. The molecule has 5 nitrogen and oxygen atoms in total. The first-order chi connectivity index (χ1) is 11.8. The van der Waals surface area contributed by atoms with Gasteiger partial charge in [0.25, 0.3) is 0 Å². The zero-order valence-electron chi connectivity index (χ0n) is 13.7. The summed E-state index contributed by atoms with van der Waals surface area (Å²) in [6, 6.07) is 10.3. The van der Waals surface area contributed by atoms with Crippen LogP contribution >= 0.6 is 0 Å². The summed E-state index contributed by atoms with van der Waals surface area (Å²) >= 11 is 0. The highest BCUT2D eigenvalue weighted by Crippen LogP contribution is 2.31. The van der Waals surface area contributed by atoms with E-state index in [9.17, 15) is 23.1 Å². The van der Waals surface area contributed by atoms with Crippen LogP contribution < -0.4 is 20.7 Å². The minimum atomic E-state index is -4.40. The number of carbonyl (C=O) groups excluding carboxylic acids is 1.